The number of hydrogen-bond acceptors (Lipinski definition) is 3. The number of aromatic nitrogens is 3. The maximum atomic E-state index is 11.0. The van der Waals surface area contributed by atoms with Crippen LogP contribution in [0.5, 0.6) is 0 Å². The molecule has 5 nitrogen and oxygen atoms in total. The maximum absolute atomic E-state index is 11.0. The lowest BCUT2D eigenvalue weighted by atomic mass is 10.0. The van der Waals surface area contributed by atoms with Gasteiger partial charge in [0.05, 0.1) is 5.69 Å². The van der Waals surface area contributed by atoms with Crippen LogP contribution in [0.2, 0.25) is 0 Å². The molecule has 2 heterocycles. The maximum Gasteiger partial charge on any atom is 0.356 e. The standard InChI is InChI=1S/C19H13N3O2/c23-19(24)17-12-18-20-16(10-11-22(18)21-17)15-8-6-14(7-9-15)13-4-2-1-3-5-13/h1-12H,(H,23,24). The van der Waals surface area contributed by atoms with Gasteiger partial charge in [-0.15, -0.1) is 0 Å². The summed E-state index contributed by atoms with van der Waals surface area (Å²) in [5, 5.41) is 13.0. The highest BCUT2D eigenvalue weighted by atomic mass is 16.4. The van der Waals surface area contributed by atoms with Crippen molar-refractivity contribution in [3.8, 4) is 22.4 Å². The van der Waals surface area contributed by atoms with E-state index in [2.05, 4.69) is 34.3 Å². The van der Waals surface area contributed by atoms with Crippen LogP contribution >= 0.6 is 0 Å². The van der Waals surface area contributed by atoms with Crippen molar-refractivity contribution >= 4 is 11.6 Å². The van der Waals surface area contributed by atoms with Gasteiger partial charge in [0.25, 0.3) is 0 Å². The Morgan fingerprint density at radius 2 is 1.54 bits per heavy atom. The van der Waals surface area contributed by atoms with Crippen molar-refractivity contribution in [3.63, 3.8) is 0 Å². The van der Waals surface area contributed by atoms with Crippen LogP contribution in [0.1, 0.15) is 10.5 Å². The molecule has 4 aromatic rings. The highest BCUT2D eigenvalue weighted by Gasteiger charge is 2.10. The molecule has 0 aliphatic heterocycles. The third-order valence-electron chi connectivity index (χ3n) is 3.83. The van der Waals surface area contributed by atoms with E-state index in [1.54, 1.807) is 6.20 Å². The number of rotatable bonds is 3. The molecule has 24 heavy (non-hydrogen) atoms. The molecular weight excluding hydrogens is 302 g/mol. The van der Waals surface area contributed by atoms with Crippen molar-refractivity contribution in [1.82, 2.24) is 14.6 Å². The average molecular weight is 315 g/mol. The predicted molar refractivity (Wildman–Crippen MR) is 90.8 cm³/mol. The number of benzene rings is 2. The van der Waals surface area contributed by atoms with Gasteiger partial charge in [-0.1, -0.05) is 54.6 Å². The normalized spacial score (nSPS) is 10.8. The first-order chi connectivity index (χ1) is 11.7. The summed E-state index contributed by atoms with van der Waals surface area (Å²) in [5.74, 6) is -1.06. The Morgan fingerprint density at radius 3 is 2.25 bits per heavy atom. The molecule has 5 heteroatoms. The van der Waals surface area contributed by atoms with Crippen molar-refractivity contribution in [2.75, 3.05) is 0 Å². The Bertz CT molecular complexity index is 1020. The Balaban J connectivity index is 1.70. The molecule has 4 rings (SSSR count). The van der Waals surface area contributed by atoms with Gasteiger partial charge in [-0.2, -0.15) is 5.10 Å². The summed E-state index contributed by atoms with van der Waals surface area (Å²) in [6.45, 7) is 0. The van der Waals surface area contributed by atoms with Gasteiger partial charge in [0.15, 0.2) is 11.3 Å². The first kappa shape index (κ1) is 14.1. The lowest BCUT2D eigenvalue weighted by Gasteiger charge is -2.04. The third kappa shape index (κ3) is 2.52. The van der Waals surface area contributed by atoms with Gasteiger partial charge in [-0.25, -0.2) is 14.3 Å². The van der Waals surface area contributed by atoms with E-state index in [9.17, 15) is 4.79 Å². The molecule has 2 aromatic heterocycles. The smallest absolute Gasteiger partial charge is 0.356 e. The van der Waals surface area contributed by atoms with E-state index in [-0.39, 0.29) is 5.69 Å². The fourth-order valence-corrected chi connectivity index (χ4v) is 2.61. The van der Waals surface area contributed by atoms with Crippen molar-refractivity contribution < 1.29 is 9.90 Å². The van der Waals surface area contributed by atoms with Crippen LogP contribution in [0, 0.1) is 0 Å². The number of nitrogens with zero attached hydrogens (tertiary/aromatic N) is 3. The van der Waals surface area contributed by atoms with E-state index >= 15 is 0 Å². The number of carboxylic acid groups (broad SMARTS) is 1. The van der Waals surface area contributed by atoms with Crippen LogP contribution in [-0.4, -0.2) is 25.7 Å². The van der Waals surface area contributed by atoms with Crippen LogP contribution in [0.4, 0.5) is 0 Å². The monoisotopic (exact) mass is 315 g/mol. The second-order valence-corrected chi connectivity index (χ2v) is 5.39. The molecule has 0 radical (unpaired) electrons. The summed E-state index contributed by atoms with van der Waals surface area (Å²) in [5.41, 5.74) is 4.54. The molecule has 0 spiro atoms. The first-order valence-corrected chi connectivity index (χ1v) is 7.46. The number of hydrogen-bond donors (Lipinski definition) is 1. The molecule has 2 aromatic carbocycles. The van der Waals surface area contributed by atoms with Crippen LogP contribution in [0.15, 0.2) is 72.9 Å². The van der Waals surface area contributed by atoms with Crippen LogP contribution < -0.4 is 0 Å². The largest absolute Gasteiger partial charge is 0.476 e. The van der Waals surface area contributed by atoms with Gasteiger partial charge >= 0.3 is 5.97 Å². The third-order valence-corrected chi connectivity index (χ3v) is 3.83. The van der Waals surface area contributed by atoms with Gasteiger partial charge in [0.2, 0.25) is 0 Å². The topological polar surface area (TPSA) is 67.5 Å². The molecule has 0 aliphatic rings. The molecule has 0 atom stereocenters. The molecule has 0 fully saturated rings. The van der Waals surface area contributed by atoms with Gasteiger partial charge in [-0.05, 0) is 17.2 Å². The molecule has 0 saturated heterocycles. The Labute approximate surface area is 137 Å². The van der Waals surface area contributed by atoms with Gasteiger partial charge in [-0.3, -0.25) is 0 Å². The summed E-state index contributed by atoms with van der Waals surface area (Å²) in [6.07, 6.45) is 1.72. The zero-order valence-electron chi connectivity index (χ0n) is 12.6. The average Bonchev–Trinajstić information content (AvgIpc) is 3.06. The highest BCUT2D eigenvalue weighted by molar-refractivity contribution is 5.86. The van der Waals surface area contributed by atoms with Gasteiger partial charge in [0, 0.05) is 17.8 Å². The minimum Gasteiger partial charge on any atom is -0.476 e. The zero-order valence-corrected chi connectivity index (χ0v) is 12.6. The predicted octanol–water partition coefficient (Wildman–Crippen LogP) is 3.76. The molecule has 116 valence electrons. The van der Waals surface area contributed by atoms with Crippen molar-refractivity contribution in [2.24, 2.45) is 0 Å². The van der Waals surface area contributed by atoms with E-state index in [0.29, 0.717) is 5.65 Å². The summed E-state index contributed by atoms with van der Waals surface area (Å²) in [7, 11) is 0. The molecule has 0 aliphatic carbocycles. The van der Waals surface area contributed by atoms with E-state index < -0.39 is 5.97 Å². The summed E-state index contributed by atoms with van der Waals surface area (Å²) < 4.78 is 1.46. The summed E-state index contributed by atoms with van der Waals surface area (Å²) >= 11 is 0. The van der Waals surface area contributed by atoms with Crippen molar-refractivity contribution in [1.29, 1.82) is 0 Å². The Kier molecular flexibility index (Phi) is 3.31. The van der Waals surface area contributed by atoms with E-state index in [0.717, 1.165) is 22.4 Å². The number of carbonyl (C=O) groups is 1. The number of carboxylic acids is 1. The fourth-order valence-electron chi connectivity index (χ4n) is 2.61. The van der Waals surface area contributed by atoms with Crippen LogP contribution in [-0.2, 0) is 0 Å². The Hall–Kier alpha value is -3.47. The van der Waals surface area contributed by atoms with Gasteiger partial charge < -0.3 is 5.11 Å². The SMILES string of the molecule is O=C(O)c1cc2nc(-c3ccc(-c4ccccc4)cc3)ccn2n1. The van der Waals surface area contributed by atoms with Crippen molar-refractivity contribution in [2.45, 2.75) is 0 Å². The molecule has 0 bridgehead atoms. The van der Waals surface area contributed by atoms with E-state index in [4.69, 9.17) is 5.11 Å². The lowest BCUT2D eigenvalue weighted by molar-refractivity contribution is 0.0690. The molecular formula is C19H13N3O2. The molecule has 0 unspecified atom stereocenters. The van der Waals surface area contributed by atoms with Crippen molar-refractivity contribution in [3.05, 3.63) is 78.6 Å². The minimum atomic E-state index is -1.06. The molecule has 0 saturated carbocycles. The lowest BCUT2D eigenvalue weighted by Crippen LogP contribution is -1.97. The molecule has 1 N–H and O–H groups in total. The quantitative estimate of drug-likeness (QED) is 0.625. The summed E-state index contributed by atoms with van der Waals surface area (Å²) in [6, 6.07) is 21.6. The second-order valence-electron chi connectivity index (χ2n) is 5.39. The number of aromatic carboxylic acids is 1. The number of fused-ring (bicyclic) bond motifs is 1. The fraction of sp³-hybridized carbons (Fsp3) is 0. The zero-order chi connectivity index (χ0) is 16.5. The van der Waals surface area contributed by atoms with E-state index in [1.807, 2.05) is 36.4 Å². The Morgan fingerprint density at radius 1 is 0.875 bits per heavy atom. The van der Waals surface area contributed by atoms with Crippen LogP contribution in [0.25, 0.3) is 28.0 Å². The van der Waals surface area contributed by atoms with Gasteiger partial charge in [0.1, 0.15) is 0 Å². The first-order valence-electron chi connectivity index (χ1n) is 7.46. The van der Waals surface area contributed by atoms with E-state index in [1.165, 1.54) is 10.6 Å². The molecule has 0 amide bonds. The second kappa shape index (κ2) is 5.62. The van der Waals surface area contributed by atoms with Crippen LogP contribution in [0.3, 0.4) is 0 Å². The minimum absolute atomic E-state index is 0.0147. The highest BCUT2D eigenvalue weighted by Crippen LogP contribution is 2.24. The summed E-state index contributed by atoms with van der Waals surface area (Å²) in [4.78, 5) is 15.5.